The minimum absolute atomic E-state index is 0.127. The smallest absolute Gasteiger partial charge is 0.195 e. The average Bonchev–Trinajstić information content (AvgIpc) is 2.52. The summed E-state index contributed by atoms with van der Waals surface area (Å²) in [6, 6.07) is 10.1. The number of hydrogen-bond donors (Lipinski definition) is 0. The molecule has 2 heteroatoms. The van der Waals surface area contributed by atoms with E-state index in [2.05, 4.69) is 28.1 Å². The van der Waals surface area contributed by atoms with Crippen molar-refractivity contribution >= 4 is 21.7 Å². The molecule has 0 saturated heterocycles. The number of fused-ring (bicyclic) bond motifs is 3. The Kier molecular flexibility index (Phi) is 2.23. The van der Waals surface area contributed by atoms with Gasteiger partial charge in [-0.1, -0.05) is 45.8 Å². The molecule has 0 spiro atoms. The number of carbonyl (C=O) groups excluding carboxylic acids is 1. The largest absolute Gasteiger partial charge is 0.289 e. The molecule has 0 amide bonds. The number of aryl methyl sites for hydroxylation is 2. The molecule has 1 nitrogen and oxygen atoms in total. The summed E-state index contributed by atoms with van der Waals surface area (Å²) in [4.78, 5) is 12.3. The first-order chi connectivity index (χ1) is 8.08. The predicted octanol–water partition coefficient (Wildman–Crippen LogP) is 4.28. The van der Waals surface area contributed by atoms with Crippen LogP contribution in [0, 0.1) is 13.8 Å². The molecule has 84 valence electrons. The molecular weight excluding hydrogens is 276 g/mol. The van der Waals surface area contributed by atoms with Crippen LogP contribution in [-0.4, -0.2) is 5.78 Å². The van der Waals surface area contributed by atoms with Gasteiger partial charge in [-0.05, 0) is 36.6 Å². The van der Waals surface area contributed by atoms with Crippen LogP contribution in [0.15, 0.2) is 34.8 Å². The maximum absolute atomic E-state index is 12.3. The Balaban J connectivity index is 2.41. The van der Waals surface area contributed by atoms with Crippen LogP contribution in [0.5, 0.6) is 0 Å². The zero-order valence-electron chi connectivity index (χ0n) is 9.67. The van der Waals surface area contributed by atoms with Crippen molar-refractivity contribution in [2.75, 3.05) is 0 Å². The van der Waals surface area contributed by atoms with Crippen molar-refractivity contribution in [3.05, 3.63) is 57.1 Å². The highest BCUT2D eigenvalue weighted by molar-refractivity contribution is 9.10. The second kappa shape index (κ2) is 3.54. The Morgan fingerprint density at radius 3 is 2.35 bits per heavy atom. The third-order valence-electron chi connectivity index (χ3n) is 3.17. The zero-order chi connectivity index (χ0) is 12.2. The Labute approximate surface area is 109 Å². The summed E-state index contributed by atoms with van der Waals surface area (Å²) in [5, 5.41) is 0. The van der Waals surface area contributed by atoms with Gasteiger partial charge in [0.1, 0.15) is 0 Å². The summed E-state index contributed by atoms with van der Waals surface area (Å²) in [7, 11) is 0. The molecule has 0 fully saturated rings. The standard InChI is InChI=1S/C15H11BrO/c1-8-3-4-10-11(5-8)12-6-9(2)7-13(16)14(12)15(10)17/h3-7H,1-2H3. The summed E-state index contributed by atoms with van der Waals surface area (Å²) in [5.41, 5.74) is 6.09. The Morgan fingerprint density at radius 1 is 0.882 bits per heavy atom. The molecule has 0 aliphatic heterocycles. The lowest BCUT2D eigenvalue weighted by atomic mass is 10.0. The molecule has 17 heavy (non-hydrogen) atoms. The molecule has 0 radical (unpaired) electrons. The number of rotatable bonds is 0. The second-order valence-corrected chi connectivity index (χ2v) is 5.40. The van der Waals surface area contributed by atoms with Crippen LogP contribution < -0.4 is 0 Å². The molecule has 0 unspecified atom stereocenters. The van der Waals surface area contributed by atoms with E-state index >= 15 is 0 Å². The summed E-state index contributed by atoms with van der Waals surface area (Å²) in [5.74, 6) is 0.127. The molecule has 0 heterocycles. The fourth-order valence-electron chi connectivity index (χ4n) is 2.40. The van der Waals surface area contributed by atoms with Crippen LogP contribution >= 0.6 is 15.9 Å². The molecule has 1 aliphatic rings. The molecule has 2 aromatic rings. The van der Waals surface area contributed by atoms with E-state index in [1.165, 1.54) is 5.56 Å². The lowest BCUT2D eigenvalue weighted by Crippen LogP contribution is -1.96. The van der Waals surface area contributed by atoms with Crippen molar-refractivity contribution in [1.29, 1.82) is 0 Å². The van der Waals surface area contributed by atoms with Crippen molar-refractivity contribution < 1.29 is 4.79 Å². The molecule has 2 aromatic carbocycles. The highest BCUT2D eigenvalue weighted by Gasteiger charge is 2.28. The van der Waals surface area contributed by atoms with Crippen molar-refractivity contribution in [2.24, 2.45) is 0 Å². The fraction of sp³-hybridized carbons (Fsp3) is 0.133. The maximum Gasteiger partial charge on any atom is 0.195 e. The average molecular weight is 287 g/mol. The molecule has 0 aromatic heterocycles. The van der Waals surface area contributed by atoms with Gasteiger partial charge in [0.15, 0.2) is 5.78 Å². The van der Waals surface area contributed by atoms with E-state index in [0.29, 0.717) is 0 Å². The van der Waals surface area contributed by atoms with E-state index in [1.54, 1.807) is 0 Å². The topological polar surface area (TPSA) is 17.1 Å². The van der Waals surface area contributed by atoms with Crippen LogP contribution in [0.25, 0.3) is 11.1 Å². The van der Waals surface area contributed by atoms with Gasteiger partial charge in [-0.15, -0.1) is 0 Å². The second-order valence-electron chi connectivity index (χ2n) is 4.55. The quantitative estimate of drug-likeness (QED) is 0.603. The van der Waals surface area contributed by atoms with Gasteiger partial charge in [-0.25, -0.2) is 0 Å². The van der Waals surface area contributed by atoms with Crippen molar-refractivity contribution in [3.63, 3.8) is 0 Å². The summed E-state index contributed by atoms with van der Waals surface area (Å²) < 4.78 is 0.895. The van der Waals surface area contributed by atoms with Crippen LogP contribution in [0.3, 0.4) is 0 Å². The van der Waals surface area contributed by atoms with Gasteiger partial charge in [0.2, 0.25) is 0 Å². The van der Waals surface area contributed by atoms with Crippen molar-refractivity contribution in [3.8, 4) is 11.1 Å². The number of ketones is 1. The Hall–Kier alpha value is -1.41. The number of benzene rings is 2. The Morgan fingerprint density at radius 2 is 1.59 bits per heavy atom. The third-order valence-corrected chi connectivity index (χ3v) is 3.80. The molecule has 0 saturated carbocycles. The fourth-order valence-corrected chi connectivity index (χ4v) is 3.15. The van der Waals surface area contributed by atoms with E-state index in [1.807, 2.05) is 32.0 Å². The summed E-state index contributed by atoms with van der Waals surface area (Å²) in [6.07, 6.45) is 0. The molecule has 1 aliphatic carbocycles. The normalized spacial score (nSPS) is 12.5. The SMILES string of the molecule is Cc1ccc2c(c1)-c1cc(C)cc(Br)c1C2=O. The number of halogens is 1. The highest BCUT2D eigenvalue weighted by atomic mass is 79.9. The minimum atomic E-state index is 0.127. The number of carbonyl (C=O) groups is 1. The Bertz CT molecular complexity index is 656. The van der Waals surface area contributed by atoms with E-state index < -0.39 is 0 Å². The summed E-state index contributed by atoms with van der Waals surface area (Å²) in [6.45, 7) is 4.09. The van der Waals surface area contributed by atoms with E-state index in [9.17, 15) is 4.79 Å². The first-order valence-electron chi connectivity index (χ1n) is 5.54. The van der Waals surface area contributed by atoms with Gasteiger partial charge < -0.3 is 0 Å². The molecule has 0 bridgehead atoms. The van der Waals surface area contributed by atoms with Gasteiger partial charge in [-0.3, -0.25) is 4.79 Å². The van der Waals surface area contributed by atoms with Crippen LogP contribution in [-0.2, 0) is 0 Å². The molecular formula is C15H11BrO. The van der Waals surface area contributed by atoms with Crippen molar-refractivity contribution in [1.82, 2.24) is 0 Å². The first kappa shape index (κ1) is 10.7. The van der Waals surface area contributed by atoms with Crippen LogP contribution in [0.2, 0.25) is 0 Å². The van der Waals surface area contributed by atoms with Crippen LogP contribution in [0.4, 0.5) is 0 Å². The third kappa shape index (κ3) is 1.48. The summed E-state index contributed by atoms with van der Waals surface area (Å²) >= 11 is 3.50. The zero-order valence-corrected chi connectivity index (χ0v) is 11.3. The lowest BCUT2D eigenvalue weighted by Gasteiger charge is -2.04. The van der Waals surface area contributed by atoms with Gasteiger partial charge in [0, 0.05) is 15.6 Å². The monoisotopic (exact) mass is 286 g/mol. The van der Waals surface area contributed by atoms with Crippen LogP contribution in [0.1, 0.15) is 27.0 Å². The van der Waals surface area contributed by atoms with Gasteiger partial charge in [-0.2, -0.15) is 0 Å². The van der Waals surface area contributed by atoms with Gasteiger partial charge in [0.25, 0.3) is 0 Å². The molecule has 0 N–H and O–H groups in total. The van der Waals surface area contributed by atoms with E-state index in [4.69, 9.17) is 0 Å². The minimum Gasteiger partial charge on any atom is -0.289 e. The van der Waals surface area contributed by atoms with Gasteiger partial charge >= 0.3 is 0 Å². The van der Waals surface area contributed by atoms with E-state index in [-0.39, 0.29) is 5.78 Å². The van der Waals surface area contributed by atoms with Gasteiger partial charge in [0.05, 0.1) is 0 Å². The first-order valence-corrected chi connectivity index (χ1v) is 6.33. The highest BCUT2D eigenvalue weighted by Crippen LogP contribution is 2.41. The van der Waals surface area contributed by atoms with Crippen molar-refractivity contribution in [2.45, 2.75) is 13.8 Å². The lowest BCUT2D eigenvalue weighted by molar-refractivity contribution is 0.104. The predicted molar refractivity (Wildman–Crippen MR) is 72.5 cm³/mol. The van der Waals surface area contributed by atoms with E-state index in [0.717, 1.165) is 32.3 Å². The molecule has 3 rings (SSSR count). The maximum atomic E-state index is 12.3. The number of hydrogen-bond acceptors (Lipinski definition) is 1. The molecule has 0 atom stereocenters.